The highest BCUT2D eigenvalue weighted by molar-refractivity contribution is 7.92. The summed E-state index contributed by atoms with van der Waals surface area (Å²) >= 11 is 0. The average Bonchev–Trinajstić information content (AvgIpc) is 2.68. The highest BCUT2D eigenvalue weighted by atomic mass is 32.2. The van der Waals surface area contributed by atoms with Gasteiger partial charge in [0.1, 0.15) is 11.2 Å². The number of carbonyl (C=O) groups is 2. The molecule has 200 valence electrons. The Balaban J connectivity index is 0.000000369. The first-order valence-electron chi connectivity index (χ1n) is 11.3. The third-order valence-electron chi connectivity index (χ3n) is 3.85. The van der Waals surface area contributed by atoms with Crippen molar-refractivity contribution in [1.29, 1.82) is 0 Å². The molecule has 2 aromatic carbocycles. The molecule has 0 saturated heterocycles. The molecule has 0 heterocycles. The van der Waals surface area contributed by atoms with Crippen LogP contribution in [0.3, 0.4) is 0 Å². The van der Waals surface area contributed by atoms with E-state index in [1.807, 2.05) is 39.0 Å². The second-order valence-corrected chi connectivity index (χ2v) is 11.8. The predicted molar refractivity (Wildman–Crippen MR) is 142 cm³/mol. The molecule has 0 atom stereocenters. The number of hydrogen-bond acceptors (Lipinski definition) is 7. The predicted octanol–water partition coefficient (Wildman–Crippen LogP) is 4.38. The highest BCUT2D eigenvalue weighted by Crippen LogP contribution is 2.13. The highest BCUT2D eigenvalue weighted by Gasteiger charge is 2.16. The van der Waals surface area contributed by atoms with Crippen molar-refractivity contribution in [3.8, 4) is 0 Å². The Morgan fingerprint density at radius 3 is 1.67 bits per heavy atom. The van der Waals surface area contributed by atoms with Crippen molar-refractivity contribution in [2.24, 2.45) is 0 Å². The fraction of sp³-hybridized carbons (Fsp3) is 0.440. The maximum atomic E-state index is 11.5. The van der Waals surface area contributed by atoms with Crippen LogP contribution in [0.2, 0.25) is 0 Å². The number of nitrogens with one attached hydrogen (secondary N) is 3. The van der Waals surface area contributed by atoms with Crippen LogP contribution in [0, 0.1) is 0 Å². The van der Waals surface area contributed by atoms with Crippen molar-refractivity contribution in [3.63, 3.8) is 0 Å². The van der Waals surface area contributed by atoms with E-state index in [2.05, 4.69) is 15.4 Å². The minimum absolute atomic E-state index is 0.258. The van der Waals surface area contributed by atoms with E-state index in [1.165, 1.54) is 0 Å². The van der Waals surface area contributed by atoms with E-state index >= 15 is 0 Å². The van der Waals surface area contributed by atoms with Crippen molar-refractivity contribution >= 4 is 33.6 Å². The fourth-order valence-corrected chi connectivity index (χ4v) is 3.19. The van der Waals surface area contributed by atoms with E-state index in [0.29, 0.717) is 17.9 Å². The second-order valence-electron chi connectivity index (χ2n) is 10.0. The molecule has 0 aliphatic rings. The van der Waals surface area contributed by atoms with Gasteiger partial charge >= 0.3 is 12.2 Å². The van der Waals surface area contributed by atoms with Gasteiger partial charge in [0.2, 0.25) is 10.0 Å². The molecule has 0 aliphatic carbocycles. The van der Waals surface area contributed by atoms with E-state index in [-0.39, 0.29) is 6.54 Å². The Morgan fingerprint density at radius 1 is 0.806 bits per heavy atom. The molecule has 0 fully saturated rings. The zero-order valence-corrected chi connectivity index (χ0v) is 22.8. The minimum Gasteiger partial charge on any atom is -0.444 e. The number of benzene rings is 2. The molecule has 2 rings (SSSR count). The molecule has 5 N–H and O–H groups in total. The van der Waals surface area contributed by atoms with Gasteiger partial charge in [-0.3, -0.25) is 4.72 Å². The zero-order chi connectivity index (χ0) is 27.6. The van der Waals surface area contributed by atoms with Crippen LogP contribution in [0.15, 0.2) is 48.5 Å². The zero-order valence-electron chi connectivity index (χ0n) is 22.0. The molecule has 2 aromatic rings. The third kappa shape index (κ3) is 15.4. The van der Waals surface area contributed by atoms with Gasteiger partial charge in [-0.05, 0) is 76.9 Å². The average molecular weight is 523 g/mol. The van der Waals surface area contributed by atoms with Crippen LogP contribution in [0.25, 0.3) is 0 Å². The van der Waals surface area contributed by atoms with Gasteiger partial charge in [0, 0.05) is 24.5 Å². The van der Waals surface area contributed by atoms with Gasteiger partial charge in [-0.25, -0.2) is 18.0 Å². The number of anilines is 2. The fourth-order valence-electron chi connectivity index (χ4n) is 2.64. The van der Waals surface area contributed by atoms with Gasteiger partial charge in [0.25, 0.3) is 0 Å². The van der Waals surface area contributed by atoms with E-state index in [9.17, 15) is 18.0 Å². The Kier molecular flexibility index (Phi) is 11.0. The molecular formula is C25H38N4O6S. The number of rotatable bonds is 6. The quantitative estimate of drug-likeness (QED) is 0.411. The van der Waals surface area contributed by atoms with Gasteiger partial charge in [0.15, 0.2) is 0 Å². The number of carbonyl (C=O) groups excluding carboxylic acids is 2. The maximum absolute atomic E-state index is 11.5. The number of hydrogen-bond donors (Lipinski definition) is 4. The van der Waals surface area contributed by atoms with Crippen molar-refractivity contribution in [2.45, 2.75) is 65.8 Å². The SMILES string of the molecule is CC(C)(C)OC(=O)NCc1cccc(N)c1.CC(C)(C)OC(=O)NCc1cccc(NS(C)(=O)=O)c1. The molecule has 0 saturated carbocycles. The summed E-state index contributed by atoms with van der Waals surface area (Å²) < 4.78 is 34.9. The molecule has 0 spiro atoms. The summed E-state index contributed by atoms with van der Waals surface area (Å²) in [4.78, 5) is 22.9. The molecule has 0 bridgehead atoms. The number of amides is 2. The van der Waals surface area contributed by atoms with Gasteiger partial charge in [0.05, 0.1) is 6.26 Å². The largest absolute Gasteiger partial charge is 0.444 e. The van der Waals surface area contributed by atoms with E-state index in [1.54, 1.807) is 51.1 Å². The van der Waals surface area contributed by atoms with Crippen LogP contribution >= 0.6 is 0 Å². The lowest BCUT2D eigenvalue weighted by atomic mass is 10.2. The number of sulfonamides is 1. The first kappa shape index (κ1) is 30.6. The van der Waals surface area contributed by atoms with Crippen LogP contribution in [-0.2, 0) is 32.6 Å². The Labute approximate surface area is 214 Å². The summed E-state index contributed by atoms with van der Waals surface area (Å²) in [6.45, 7) is 11.5. The van der Waals surface area contributed by atoms with Gasteiger partial charge in [-0.15, -0.1) is 0 Å². The van der Waals surface area contributed by atoms with E-state index in [0.717, 1.165) is 17.4 Å². The van der Waals surface area contributed by atoms with E-state index in [4.69, 9.17) is 15.2 Å². The molecule has 0 radical (unpaired) electrons. The molecule has 10 nitrogen and oxygen atoms in total. The molecule has 0 unspecified atom stereocenters. The lowest BCUT2D eigenvalue weighted by molar-refractivity contribution is 0.0512. The summed E-state index contributed by atoms with van der Waals surface area (Å²) in [7, 11) is -3.31. The van der Waals surface area contributed by atoms with Crippen LogP contribution < -0.4 is 21.1 Å². The lowest BCUT2D eigenvalue weighted by Gasteiger charge is -2.19. The molecule has 0 aliphatic heterocycles. The minimum atomic E-state index is -3.31. The summed E-state index contributed by atoms with van der Waals surface area (Å²) in [5, 5.41) is 5.27. The summed E-state index contributed by atoms with van der Waals surface area (Å²) in [5.41, 5.74) is 7.45. The number of ether oxygens (including phenoxy) is 2. The van der Waals surface area contributed by atoms with Gasteiger partial charge in [-0.1, -0.05) is 24.3 Å². The lowest BCUT2D eigenvalue weighted by Crippen LogP contribution is -2.32. The van der Waals surface area contributed by atoms with Crippen LogP contribution in [0.4, 0.5) is 21.0 Å². The van der Waals surface area contributed by atoms with Crippen molar-refractivity contribution in [2.75, 3.05) is 16.7 Å². The normalized spacial score (nSPS) is 11.4. The Morgan fingerprint density at radius 2 is 1.25 bits per heavy atom. The topological polar surface area (TPSA) is 149 Å². The van der Waals surface area contributed by atoms with Crippen LogP contribution in [0.1, 0.15) is 52.7 Å². The second kappa shape index (κ2) is 13.0. The first-order chi connectivity index (χ1) is 16.4. The Hall–Kier alpha value is -3.47. The molecule has 2 amide bonds. The van der Waals surface area contributed by atoms with Gasteiger partial charge < -0.3 is 25.8 Å². The molecular weight excluding hydrogens is 484 g/mol. The monoisotopic (exact) mass is 522 g/mol. The van der Waals surface area contributed by atoms with Crippen LogP contribution in [0.5, 0.6) is 0 Å². The Bertz CT molecular complexity index is 1120. The smallest absolute Gasteiger partial charge is 0.407 e. The summed E-state index contributed by atoms with van der Waals surface area (Å²) in [6, 6.07) is 14.1. The molecule has 0 aromatic heterocycles. The molecule has 36 heavy (non-hydrogen) atoms. The van der Waals surface area contributed by atoms with Crippen LogP contribution in [-0.4, -0.2) is 38.1 Å². The number of alkyl carbamates (subject to hydrolysis) is 2. The maximum Gasteiger partial charge on any atom is 0.407 e. The van der Waals surface area contributed by atoms with Crippen molar-refractivity contribution < 1.29 is 27.5 Å². The summed E-state index contributed by atoms with van der Waals surface area (Å²) in [5.74, 6) is 0. The van der Waals surface area contributed by atoms with Crippen molar-refractivity contribution in [1.82, 2.24) is 10.6 Å². The first-order valence-corrected chi connectivity index (χ1v) is 13.2. The molecule has 11 heteroatoms. The van der Waals surface area contributed by atoms with E-state index < -0.39 is 33.4 Å². The number of nitrogen functional groups attached to an aromatic ring is 1. The van der Waals surface area contributed by atoms with Crippen molar-refractivity contribution in [3.05, 3.63) is 59.7 Å². The standard InChI is InChI=1S/C13H20N2O4S.C12H18N2O2/c1-13(2,3)19-12(16)14-9-10-6-5-7-11(8-10)15-20(4,17)18;1-12(2,3)16-11(15)14-8-9-5-4-6-10(13)7-9/h5-8,15H,9H2,1-4H3,(H,14,16);4-7H,8,13H2,1-3H3,(H,14,15). The summed E-state index contributed by atoms with van der Waals surface area (Å²) in [6.07, 6.45) is 0.146. The third-order valence-corrected chi connectivity index (χ3v) is 4.46. The number of nitrogens with two attached hydrogens (primary N) is 1. The van der Waals surface area contributed by atoms with Gasteiger partial charge in [-0.2, -0.15) is 0 Å².